The molecule has 1 aromatic heterocycles. The van der Waals surface area contributed by atoms with Crippen LogP contribution in [-0.2, 0) is 0 Å². The number of aromatic nitrogens is 2. The lowest BCUT2D eigenvalue weighted by Crippen LogP contribution is -2.31. The second-order valence-electron chi connectivity index (χ2n) is 4.38. The quantitative estimate of drug-likeness (QED) is 0.913. The lowest BCUT2D eigenvalue weighted by atomic mass is 10.2. The van der Waals surface area contributed by atoms with E-state index in [0.717, 1.165) is 17.1 Å². The first-order valence-corrected chi connectivity index (χ1v) is 6.48. The van der Waals surface area contributed by atoms with Gasteiger partial charge in [-0.15, -0.1) is 0 Å². The number of nitrogens with zero attached hydrogens (tertiary/aromatic N) is 2. The molecule has 1 aliphatic rings. The van der Waals surface area contributed by atoms with Crippen LogP contribution < -0.4 is 5.32 Å². The zero-order valence-corrected chi connectivity index (χ0v) is 10.7. The smallest absolute Gasteiger partial charge is 0.0632 e. The summed E-state index contributed by atoms with van der Waals surface area (Å²) in [6.07, 6.45) is 9.33. The lowest BCUT2D eigenvalue weighted by Gasteiger charge is -2.17. The Bertz CT molecular complexity index is 305. The number of rotatable bonds is 4. The highest BCUT2D eigenvalue weighted by Crippen LogP contribution is 2.18. The van der Waals surface area contributed by atoms with Crippen LogP contribution in [0, 0.1) is 0 Å². The molecule has 0 spiro atoms. The highest BCUT2D eigenvalue weighted by Gasteiger charge is 2.15. The first kappa shape index (κ1) is 11.1. The molecule has 0 amide bonds. The second-order valence-corrected chi connectivity index (χ2v) is 5.29. The molecular formula is C11H18BrN3. The molecular weight excluding hydrogens is 254 g/mol. The molecule has 1 atom stereocenters. The average molecular weight is 272 g/mol. The summed E-state index contributed by atoms with van der Waals surface area (Å²) >= 11 is 3.41. The highest BCUT2D eigenvalue weighted by molar-refractivity contribution is 9.10. The van der Waals surface area contributed by atoms with Crippen LogP contribution in [-0.4, -0.2) is 22.4 Å². The predicted molar refractivity (Wildman–Crippen MR) is 64.9 cm³/mol. The van der Waals surface area contributed by atoms with Gasteiger partial charge in [-0.05, 0) is 35.7 Å². The number of halogens is 1. The molecule has 15 heavy (non-hydrogen) atoms. The Morgan fingerprint density at radius 3 is 2.93 bits per heavy atom. The van der Waals surface area contributed by atoms with E-state index >= 15 is 0 Å². The number of nitrogens with one attached hydrogen (secondary N) is 1. The topological polar surface area (TPSA) is 29.9 Å². The van der Waals surface area contributed by atoms with Crippen molar-refractivity contribution in [3.63, 3.8) is 0 Å². The van der Waals surface area contributed by atoms with Crippen LogP contribution in [0.1, 0.15) is 38.6 Å². The average Bonchev–Trinajstić information content (AvgIpc) is 2.84. The summed E-state index contributed by atoms with van der Waals surface area (Å²) in [5, 5.41) is 7.90. The van der Waals surface area contributed by atoms with Crippen molar-refractivity contribution in [1.82, 2.24) is 15.1 Å². The molecule has 2 rings (SSSR count). The van der Waals surface area contributed by atoms with Crippen molar-refractivity contribution < 1.29 is 0 Å². The van der Waals surface area contributed by atoms with Crippen LogP contribution in [0.5, 0.6) is 0 Å². The van der Waals surface area contributed by atoms with Gasteiger partial charge >= 0.3 is 0 Å². The summed E-state index contributed by atoms with van der Waals surface area (Å²) in [6, 6.07) is 1.17. The minimum absolute atomic E-state index is 0.428. The third kappa shape index (κ3) is 3.05. The van der Waals surface area contributed by atoms with Crippen molar-refractivity contribution in [2.24, 2.45) is 0 Å². The molecule has 3 nitrogen and oxygen atoms in total. The summed E-state index contributed by atoms with van der Waals surface area (Å²) in [5.41, 5.74) is 0. The van der Waals surface area contributed by atoms with E-state index in [1.54, 1.807) is 0 Å². The van der Waals surface area contributed by atoms with Crippen molar-refractivity contribution >= 4 is 15.9 Å². The normalized spacial score (nSPS) is 19.6. The highest BCUT2D eigenvalue weighted by atomic mass is 79.9. The maximum absolute atomic E-state index is 4.29. The molecule has 84 valence electrons. The van der Waals surface area contributed by atoms with E-state index < -0.39 is 0 Å². The van der Waals surface area contributed by atoms with Crippen LogP contribution in [0.4, 0.5) is 0 Å². The SMILES string of the molecule is CC(CNC1CCCC1)n1cc(Br)cn1. The fraction of sp³-hybridized carbons (Fsp3) is 0.727. The van der Waals surface area contributed by atoms with Gasteiger partial charge in [-0.2, -0.15) is 5.10 Å². The molecule has 0 radical (unpaired) electrons. The van der Waals surface area contributed by atoms with Crippen molar-refractivity contribution in [2.45, 2.75) is 44.7 Å². The molecule has 1 N–H and O–H groups in total. The van der Waals surface area contributed by atoms with Crippen LogP contribution in [0.2, 0.25) is 0 Å². The Balaban J connectivity index is 1.79. The van der Waals surface area contributed by atoms with Crippen molar-refractivity contribution in [3.8, 4) is 0 Å². The third-order valence-electron chi connectivity index (χ3n) is 3.08. The largest absolute Gasteiger partial charge is 0.312 e. The molecule has 1 saturated carbocycles. The standard InChI is InChI=1S/C11H18BrN3/c1-9(15-8-10(12)7-14-15)6-13-11-4-2-3-5-11/h7-9,11,13H,2-6H2,1H3. The van der Waals surface area contributed by atoms with Gasteiger partial charge in [0.1, 0.15) is 0 Å². The summed E-state index contributed by atoms with van der Waals surface area (Å²) in [4.78, 5) is 0. The van der Waals surface area contributed by atoms with Gasteiger partial charge in [0, 0.05) is 18.8 Å². The molecule has 1 unspecified atom stereocenters. The molecule has 0 aliphatic heterocycles. The molecule has 0 saturated heterocycles. The summed E-state index contributed by atoms with van der Waals surface area (Å²) in [7, 11) is 0. The fourth-order valence-corrected chi connectivity index (χ4v) is 2.42. The van der Waals surface area contributed by atoms with E-state index in [9.17, 15) is 0 Å². The van der Waals surface area contributed by atoms with Gasteiger partial charge in [-0.3, -0.25) is 4.68 Å². The number of hydrogen-bond acceptors (Lipinski definition) is 2. The van der Waals surface area contributed by atoms with Crippen molar-refractivity contribution in [1.29, 1.82) is 0 Å². The molecule has 0 aromatic carbocycles. The van der Waals surface area contributed by atoms with Crippen molar-refractivity contribution in [3.05, 3.63) is 16.9 Å². The Morgan fingerprint density at radius 1 is 1.60 bits per heavy atom. The van der Waals surface area contributed by atoms with Gasteiger partial charge in [0.15, 0.2) is 0 Å². The Hall–Kier alpha value is -0.350. The summed E-state index contributed by atoms with van der Waals surface area (Å²) in [5.74, 6) is 0. The van der Waals surface area contributed by atoms with Gasteiger partial charge < -0.3 is 5.32 Å². The minimum Gasteiger partial charge on any atom is -0.312 e. The van der Waals surface area contributed by atoms with E-state index in [0.29, 0.717) is 6.04 Å². The maximum Gasteiger partial charge on any atom is 0.0632 e. The first-order valence-electron chi connectivity index (χ1n) is 5.69. The Kier molecular flexibility index (Phi) is 3.81. The zero-order valence-electron chi connectivity index (χ0n) is 9.12. The number of hydrogen-bond donors (Lipinski definition) is 1. The minimum atomic E-state index is 0.428. The van der Waals surface area contributed by atoms with Gasteiger partial charge in [-0.25, -0.2) is 0 Å². The van der Waals surface area contributed by atoms with Crippen molar-refractivity contribution in [2.75, 3.05) is 6.54 Å². The van der Waals surface area contributed by atoms with Gasteiger partial charge in [0.05, 0.1) is 16.7 Å². The van der Waals surface area contributed by atoms with Crippen LogP contribution in [0.25, 0.3) is 0 Å². The van der Waals surface area contributed by atoms with Gasteiger partial charge in [0.25, 0.3) is 0 Å². The van der Waals surface area contributed by atoms with E-state index in [2.05, 4.69) is 33.3 Å². The zero-order chi connectivity index (χ0) is 10.7. The Labute approximate surface area is 99.4 Å². The van der Waals surface area contributed by atoms with E-state index in [1.807, 2.05) is 17.1 Å². The fourth-order valence-electron chi connectivity index (χ4n) is 2.12. The second kappa shape index (κ2) is 5.12. The van der Waals surface area contributed by atoms with Crippen LogP contribution in [0.15, 0.2) is 16.9 Å². The molecule has 1 aliphatic carbocycles. The Morgan fingerprint density at radius 2 is 2.33 bits per heavy atom. The van der Waals surface area contributed by atoms with Crippen LogP contribution >= 0.6 is 15.9 Å². The first-order chi connectivity index (χ1) is 7.25. The molecule has 1 aromatic rings. The van der Waals surface area contributed by atoms with Gasteiger partial charge in [0.2, 0.25) is 0 Å². The summed E-state index contributed by atoms with van der Waals surface area (Å²) < 4.78 is 3.06. The molecule has 0 bridgehead atoms. The monoisotopic (exact) mass is 271 g/mol. The third-order valence-corrected chi connectivity index (χ3v) is 3.49. The molecule has 1 heterocycles. The summed E-state index contributed by atoms with van der Waals surface area (Å²) in [6.45, 7) is 3.21. The molecule has 4 heteroatoms. The van der Waals surface area contributed by atoms with E-state index in [4.69, 9.17) is 0 Å². The predicted octanol–water partition coefficient (Wildman–Crippen LogP) is 2.74. The van der Waals surface area contributed by atoms with E-state index in [-0.39, 0.29) is 0 Å². The van der Waals surface area contributed by atoms with E-state index in [1.165, 1.54) is 25.7 Å². The van der Waals surface area contributed by atoms with Gasteiger partial charge in [-0.1, -0.05) is 12.8 Å². The lowest BCUT2D eigenvalue weighted by molar-refractivity contribution is 0.415. The van der Waals surface area contributed by atoms with Crippen LogP contribution in [0.3, 0.4) is 0 Å². The molecule has 1 fully saturated rings. The maximum atomic E-state index is 4.29.